The highest BCUT2D eigenvalue weighted by Gasteiger charge is 2.34. The molecule has 21 heavy (non-hydrogen) atoms. The summed E-state index contributed by atoms with van der Waals surface area (Å²) < 4.78 is 38.2. The van der Waals surface area contributed by atoms with Crippen LogP contribution in [0.4, 0.5) is 13.2 Å². The molecule has 1 saturated carbocycles. The molecular formula is C15H19F3N2O. The molecule has 1 amide bonds. The Hall–Kier alpha value is -1.56. The third kappa shape index (κ3) is 5.38. The lowest BCUT2D eigenvalue weighted by atomic mass is 10.0. The third-order valence-corrected chi connectivity index (χ3v) is 3.41. The molecule has 116 valence electrons. The second kappa shape index (κ2) is 6.47. The molecule has 1 aliphatic carbocycles. The Morgan fingerprint density at radius 1 is 1.29 bits per heavy atom. The van der Waals surface area contributed by atoms with Gasteiger partial charge >= 0.3 is 6.18 Å². The van der Waals surface area contributed by atoms with Gasteiger partial charge in [-0.25, -0.2) is 0 Å². The van der Waals surface area contributed by atoms with Gasteiger partial charge in [0, 0.05) is 12.1 Å². The summed E-state index contributed by atoms with van der Waals surface area (Å²) in [5.74, 6) is -0.249. The average Bonchev–Trinajstić information content (AvgIpc) is 3.21. The van der Waals surface area contributed by atoms with E-state index in [1.165, 1.54) is 0 Å². The molecular weight excluding hydrogens is 281 g/mol. The van der Waals surface area contributed by atoms with E-state index < -0.39 is 24.7 Å². The molecule has 2 atom stereocenters. The molecule has 0 heterocycles. The van der Waals surface area contributed by atoms with Crippen molar-refractivity contribution in [1.29, 1.82) is 0 Å². The molecule has 0 saturated heterocycles. The summed E-state index contributed by atoms with van der Waals surface area (Å²) in [5.41, 5.74) is 0.529. The van der Waals surface area contributed by atoms with E-state index in [1.54, 1.807) is 37.3 Å². The fourth-order valence-electron chi connectivity index (χ4n) is 2.12. The summed E-state index contributed by atoms with van der Waals surface area (Å²) in [4.78, 5) is 11.9. The molecule has 1 aromatic rings. The van der Waals surface area contributed by atoms with Crippen LogP contribution < -0.4 is 10.6 Å². The number of hydrogen-bond acceptors (Lipinski definition) is 2. The number of rotatable bonds is 6. The van der Waals surface area contributed by atoms with E-state index in [0.29, 0.717) is 5.56 Å². The lowest BCUT2D eigenvalue weighted by molar-refractivity contribution is -0.142. The average molecular weight is 300 g/mol. The van der Waals surface area contributed by atoms with Gasteiger partial charge in [-0.2, -0.15) is 13.2 Å². The Kier molecular flexibility index (Phi) is 4.88. The van der Waals surface area contributed by atoms with Crippen LogP contribution in [0.1, 0.15) is 37.8 Å². The van der Waals surface area contributed by atoms with Crippen molar-refractivity contribution in [2.75, 3.05) is 0 Å². The zero-order chi connectivity index (χ0) is 15.5. The number of carbonyl (C=O) groups excluding carboxylic acids is 1. The van der Waals surface area contributed by atoms with Gasteiger partial charge in [0.25, 0.3) is 0 Å². The van der Waals surface area contributed by atoms with E-state index >= 15 is 0 Å². The summed E-state index contributed by atoms with van der Waals surface area (Å²) in [6, 6.07) is 7.00. The number of hydrogen-bond donors (Lipinski definition) is 2. The minimum Gasteiger partial charge on any atom is -0.352 e. The minimum absolute atomic E-state index is 0.194. The maximum Gasteiger partial charge on any atom is 0.390 e. The Bertz CT molecular complexity index is 472. The largest absolute Gasteiger partial charge is 0.390 e. The van der Waals surface area contributed by atoms with E-state index in [9.17, 15) is 18.0 Å². The highest BCUT2D eigenvalue weighted by atomic mass is 19.4. The van der Waals surface area contributed by atoms with Crippen LogP contribution in [-0.2, 0) is 4.79 Å². The van der Waals surface area contributed by atoms with Gasteiger partial charge in [-0.05, 0) is 25.3 Å². The topological polar surface area (TPSA) is 41.1 Å². The quantitative estimate of drug-likeness (QED) is 0.848. The number of amides is 1. The third-order valence-electron chi connectivity index (χ3n) is 3.41. The summed E-state index contributed by atoms with van der Waals surface area (Å²) >= 11 is 0. The monoisotopic (exact) mass is 300 g/mol. The molecule has 2 N–H and O–H groups in total. The van der Waals surface area contributed by atoms with E-state index in [1.807, 2.05) is 0 Å². The van der Waals surface area contributed by atoms with Crippen LogP contribution in [0.2, 0.25) is 0 Å². The Morgan fingerprint density at radius 2 is 1.90 bits per heavy atom. The summed E-state index contributed by atoms with van der Waals surface area (Å²) in [5, 5.41) is 5.58. The fourth-order valence-corrected chi connectivity index (χ4v) is 2.12. The first-order valence-electron chi connectivity index (χ1n) is 7.03. The molecule has 1 aromatic carbocycles. The van der Waals surface area contributed by atoms with Crippen LogP contribution >= 0.6 is 0 Å². The predicted octanol–water partition coefficient (Wildman–Crippen LogP) is 2.94. The summed E-state index contributed by atoms with van der Waals surface area (Å²) in [7, 11) is 0. The molecule has 0 bridgehead atoms. The molecule has 0 radical (unpaired) electrons. The van der Waals surface area contributed by atoms with Crippen molar-refractivity contribution < 1.29 is 18.0 Å². The standard InChI is InChI=1S/C15H19F3N2O/c1-10(14(21)20-12-7-8-12)19-13(9-15(16,17)18)11-5-3-2-4-6-11/h2-6,10,12-13,19H,7-9H2,1H3,(H,20,21). The molecule has 2 unspecified atom stereocenters. The van der Waals surface area contributed by atoms with Crippen molar-refractivity contribution >= 4 is 5.91 Å². The zero-order valence-corrected chi connectivity index (χ0v) is 11.8. The second-order valence-corrected chi connectivity index (χ2v) is 5.45. The molecule has 2 rings (SSSR count). The lowest BCUT2D eigenvalue weighted by Crippen LogP contribution is -2.45. The predicted molar refractivity (Wildman–Crippen MR) is 73.6 cm³/mol. The van der Waals surface area contributed by atoms with E-state index in [4.69, 9.17) is 0 Å². The number of halogens is 3. The Labute approximate surface area is 121 Å². The van der Waals surface area contributed by atoms with E-state index in [-0.39, 0.29) is 11.9 Å². The molecule has 1 fully saturated rings. The number of alkyl halides is 3. The van der Waals surface area contributed by atoms with Crippen LogP contribution in [0.3, 0.4) is 0 Å². The minimum atomic E-state index is -4.29. The number of benzene rings is 1. The van der Waals surface area contributed by atoms with E-state index in [2.05, 4.69) is 10.6 Å². The van der Waals surface area contributed by atoms with Crippen molar-refractivity contribution in [1.82, 2.24) is 10.6 Å². The van der Waals surface area contributed by atoms with Crippen molar-refractivity contribution in [2.45, 2.75) is 50.5 Å². The van der Waals surface area contributed by atoms with Crippen LogP contribution in [0.15, 0.2) is 30.3 Å². The Morgan fingerprint density at radius 3 is 2.43 bits per heavy atom. The molecule has 0 spiro atoms. The fraction of sp³-hybridized carbons (Fsp3) is 0.533. The van der Waals surface area contributed by atoms with Gasteiger partial charge in [-0.15, -0.1) is 0 Å². The highest BCUT2D eigenvalue weighted by Crippen LogP contribution is 2.29. The number of nitrogens with one attached hydrogen (secondary N) is 2. The van der Waals surface area contributed by atoms with Crippen molar-refractivity contribution in [3.8, 4) is 0 Å². The first-order chi connectivity index (χ1) is 9.85. The highest BCUT2D eigenvalue weighted by molar-refractivity contribution is 5.81. The molecule has 0 aromatic heterocycles. The first kappa shape index (κ1) is 15.8. The van der Waals surface area contributed by atoms with Crippen molar-refractivity contribution in [3.05, 3.63) is 35.9 Å². The zero-order valence-electron chi connectivity index (χ0n) is 11.8. The van der Waals surface area contributed by atoms with E-state index in [0.717, 1.165) is 12.8 Å². The van der Waals surface area contributed by atoms with Gasteiger partial charge in [0.2, 0.25) is 5.91 Å². The molecule has 6 heteroatoms. The van der Waals surface area contributed by atoms with Crippen LogP contribution in [0.25, 0.3) is 0 Å². The maximum absolute atomic E-state index is 12.7. The van der Waals surface area contributed by atoms with Gasteiger partial charge in [0.05, 0.1) is 12.5 Å². The van der Waals surface area contributed by atoms with Gasteiger partial charge in [0.15, 0.2) is 0 Å². The van der Waals surface area contributed by atoms with Gasteiger partial charge in [-0.1, -0.05) is 30.3 Å². The van der Waals surface area contributed by atoms with Gasteiger partial charge in [0.1, 0.15) is 0 Å². The van der Waals surface area contributed by atoms with Crippen molar-refractivity contribution in [3.63, 3.8) is 0 Å². The molecule has 3 nitrogen and oxygen atoms in total. The normalized spacial score (nSPS) is 18.1. The lowest BCUT2D eigenvalue weighted by Gasteiger charge is -2.24. The maximum atomic E-state index is 12.7. The van der Waals surface area contributed by atoms with Crippen LogP contribution in [-0.4, -0.2) is 24.2 Å². The van der Waals surface area contributed by atoms with Gasteiger partial charge < -0.3 is 5.32 Å². The molecule has 1 aliphatic rings. The van der Waals surface area contributed by atoms with Crippen LogP contribution in [0.5, 0.6) is 0 Å². The molecule has 0 aliphatic heterocycles. The first-order valence-corrected chi connectivity index (χ1v) is 7.03. The van der Waals surface area contributed by atoms with Crippen molar-refractivity contribution in [2.24, 2.45) is 0 Å². The van der Waals surface area contributed by atoms with Gasteiger partial charge in [-0.3, -0.25) is 10.1 Å². The second-order valence-electron chi connectivity index (χ2n) is 5.45. The number of carbonyl (C=O) groups is 1. The Balaban J connectivity index is 2.02. The SMILES string of the molecule is CC(NC(CC(F)(F)F)c1ccccc1)C(=O)NC1CC1. The van der Waals surface area contributed by atoms with Crippen LogP contribution in [0, 0.1) is 0 Å². The summed E-state index contributed by atoms with van der Waals surface area (Å²) in [6.07, 6.45) is -3.40. The smallest absolute Gasteiger partial charge is 0.352 e. The summed E-state index contributed by atoms with van der Waals surface area (Å²) in [6.45, 7) is 1.59.